The van der Waals surface area contributed by atoms with Crippen molar-refractivity contribution in [2.45, 2.75) is 12.8 Å². The van der Waals surface area contributed by atoms with E-state index < -0.39 is 11.9 Å². The van der Waals surface area contributed by atoms with Gasteiger partial charge in [0.25, 0.3) is 0 Å². The molecular formula is C8H7BrF2O2S. The summed E-state index contributed by atoms with van der Waals surface area (Å²) < 4.78 is 31.2. The van der Waals surface area contributed by atoms with Crippen molar-refractivity contribution < 1.29 is 18.3 Å². The summed E-state index contributed by atoms with van der Waals surface area (Å²) in [5.41, 5.74) is 0. The third-order valence-electron chi connectivity index (χ3n) is 1.43. The number of thiophene rings is 1. The average molecular weight is 285 g/mol. The molecular weight excluding hydrogens is 278 g/mol. The van der Waals surface area contributed by atoms with Crippen LogP contribution in [0.4, 0.5) is 8.78 Å². The van der Waals surface area contributed by atoms with E-state index in [0.717, 1.165) is 11.3 Å². The molecule has 6 heteroatoms. The van der Waals surface area contributed by atoms with Crippen LogP contribution in [0.1, 0.15) is 11.8 Å². The van der Waals surface area contributed by atoms with E-state index in [1.54, 1.807) is 0 Å². The quantitative estimate of drug-likeness (QED) is 0.797. The summed E-state index contributed by atoms with van der Waals surface area (Å²) in [6, 6.07) is 1.47. The Morgan fingerprint density at radius 1 is 1.71 bits per heavy atom. The molecule has 0 N–H and O–H groups in total. The lowest BCUT2D eigenvalue weighted by Crippen LogP contribution is -2.27. The minimum Gasteiger partial charge on any atom is -0.461 e. The molecule has 1 aromatic rings. The molecule has 0 aliphatic carbocycles. The van der Waals surface area contributed by atoms with Crippen LogP contribution in [0.5, 0.6) is 0 Å². The summed E-state index contributed by atoms with van der Waals surface area (Å²) in [6.45, 7) is 1.43. The number of ether oxygens (including phenoxy) is 1. The van der Waals surface area contributed by atoms with Crippen molar-refractivity contribution in [1.82, 2.24) is 0 Å². The Balaban J connectivity index is 2.95. The molecule has 0 saturated carbocycles. The fraction of sp³-hybridized carbons (Fsp3) is 0.375. The largest absolute Gasteiger partial charge is 0.461 e. The van der Waals surface area contributed by atoms with Crippen molar-refractivity contribution in [1.29, 1.82) is 0 Å². The Kier molecular flexibility index (Phi) is 3.60. The molecule has 0 fully saturated rings. The van der Waals surface area contributed by atoms with E-state index in [1.807, 2.05) is 0 Å². The van der Waals surface area contributed by atoms with E-state index >= 15 is 0 Å². The molecule has 1 heterocycles. The van der Waals surface area contributed by atoms with Gasteiger partial charge in [0.15, 0.2) is 0 Å². The van der Waals surface area contributed by atoms with Gasteiger partial charge in [-0.25, -0.2) is 4.79 Å². The molecule has 2 nitrogen and oxygen atoms in total. The molecule has 78 valence electrons. The van der Waals surface area contributed by atoms with Crippen molar-refractivity contribution in [2.24, 2.45) is 0 Å². The number of rotatable bonds is 3. The predicted molar refractivity (Wildman–Crippen MR) is 52.5 cm³/mol. The van der Waals surface area contributed by atoms with Crippen LogP contribution in [-0.2, 0) is 15.5 Å². The van der Waals surface area contributed by atoms with Gasteiger partial charge in [0.1, 0.15) is 0 Å². The van der Waals surface area contributed by atoms with E-state index in [9.17, 15) is 13.6 Å². The van der Waals surface area contributed by atoms with E-state index in [0.29, 0.717) is 0 Å². The highest BCUT2D eigenvalue weighted by molar-refractivity contribution is 9.10. The Morgan fingerprint density at radius 3 is 2.79 bits per heavy atom. The smallest absolute Gasteiger partial charge is 0.382 e. The number of esters is 1. The highest BCUT2D eigenvalue weighted by Crippen LogP contribution is 2.38. The van der Waals surface area contributed by atoms with Crippen molar-refractivity contribution in [2.75, 3.05) is 6.61 Å². The van der Waals surface area contributed by atoms with E-state index in [1.165, 1.54) is 18.4 Å². The molecule has 0 aromatic carbocycles. The Hall–Kier alpha value is -0.490. The van der Waals surface area contributed by atoms with Crippen LogP contribution in [0.15, 0.2) is 15.9 Å². The third kappa shape index (κ3) is 2.12. The van der Waals surface area contributed by atoms with Gasteiger partial charge in [0, 0.05) is 4.47 Å². The highest BCUT2D eigenvalue weighted by atomic mass is 79.9. The molecule has 0 unspecified atom stereocenters. The van der Waals surface area contributed by atoms with Gasteiger partial charge < -0.3 is 4.74 Å². The molecule has 0 amide bonds. The summed E-state index contributed by atoms with van der Waals surface area (Å²) in [5, 5.41) is 1.48. The van der Waals surface area contributed by atoms with E-state index in [2.05, 4.69) is 20.7 Å². The lowest BCUT2D eigenvalue weighted by Gasteiger charge is -2.13. The van der Waals surface area contributed by atoms with Crippen LogP contribution in [0.3, 0.4) is 0 Å². The molecule has 0 saturated heterocycles. The maximum absolute atomic E-state index is 13.3. The van der Waals surface area contributed by atoms with Crippen molar-refractivity contribution in [3.8, 4) is 0 Å². The maximum atomic E-state index is 13.3. The molecule has 0 bridgehead atoms. The third-order valence-corrected chi connectivity index (χ3v) is 3.34. The van der Waals surface area contributed by atoms with Gasteiger partial charge in [-0.05, 0) is 34.3 Å². The highest BCUT2D eigenvalue weighted by Gasteiger charge is 2.45. The summed E-state index contributed by atoms with van der Waals surface area (Å²) in [7, 11) is 0. The fourth-order valence-corrected chi connectivity index (χ4v) is 2.42. The van der Waals surface area contributed by atoms with Crippen molar-refractivity contribution in [3.63, 3.8) is 0 Å². The number of carbonyl (C=O) groups is 1. The summed E-state index contributed by atoms with van der Waals surface area (Å²) in [5.74, 6) is -5.08. The summed E-state index contributed by atoms with van der Waals surface area (Å²) in [6.07, 6.45) is 0. The van der Waals surface area contributed by atoms with Gasteiger partial charge in [0.2, 0.25) is 0 Å². The monoisotopic (exact) mass is 284 g/mol. The fourth-order valence-electron chi connectivity index (χ4n) is 0.832. The molecule has 1 aromatic heterocycles. The topological polar surface area (TPSA) is 26.3 Å². The number of hydrogen-bond acceptors (Lipinski definition) is 3. The number of hydrogen-bond donors (Lipinski definition) is 0. The van der Waals surface area contributed by atoms with E-state index in [-0.39, 0.29) is 16.0 Å². The Labute approximate surface area is 92.0 Å². The molecule has 0 aliphatic heterocycles. The number of alkyl halides is 2. The second kappa shape index (κ2) is 4.35. The minimum absolute atomic E-state index is 0.0581. The second-order valence-electron chi connectivity index (χ2n) is 2.39. The van der Waals surface area contributed by atoms with Gasteiger partial charge >= 0.3 is 11.9 Å². The first kappa shape index (κ1) is 11.6. The lowest BCUT2D eigenvalue weighted by atomic mass is 10.3. The number of carbonyl (C=O) groups excluding carboxylic acids is 1. The molecule has 0 aliphatic rings. The molecule has 0 radical (unpaired) electrons. The Bertz CT molecular complexity index is 338. The molecule has 1 rings (SSSR count). The van der Waals surface area contributed by atoms with Crippen LogP contribution in [0, 0.1) is 0 Å². The maximum Gasteiger partial charge on any atom is 0.382 e. The van der Waals surface area contributed by atoms with Gasteiger partial charge in [-0.2, -0.15) is 8.78 Å². The van der Waals surface area contributed by atoms with Crippen LogP contribution >= 0.6 is 27.3 Å². The van der Waals surface area contributed by atoms with Crippen LogP contribution in [0.2, 0.25) is 0 Å². The van der Waals surface area contributed by atoms with Crippen LogP contribution in [-0.4, -0.2) is 12.6 Å². The standard InChI is InChI=1S/C8H7BrF2O2S/c1-2-13-7(12)8(10,11)6-5(9)3-4-14-6/h3-4H,2H2,1H3. The zero-order valence-electron chi connectivity index (χ0n) is 7.22. The first-order valence-corrected chi connectivity index (χ1v) is 5.46. The first-order valence-electron chi connectivity index (χ1n) is 3.78. The second-order valence-corrected chi connectivity index (χ2v) is 4.16. The average Bonchev–Trinajstić information content (AvgIpc) is 2.52. The zero-order chi connectivity index (χ0) is 10.8. The molecule has 0 spiro atoms. The normalized spacial score (nSPS) is 11.4. The zero-order valence-corrected chi connectivity index (χ0v) is 9.62. The van der Waals surface area contributed by atoms with Crippen LogP contribution < -0.4 is 0 Å². The first-order chi connectivity index (χ1) is 6.50. The SMILES string of the molecule is CCOC(=O)C(F)(F)c1sccc1Br. The lowest BCUT2D eigenvalue weighted by molar-refractivity contribution is -0.172. The minimum atomic E-state index is -3.57. The van der Waals surface area contributed by atoms with Crippen molar-refractivity contribution >= 4 is 33.2 Å². The summed E-state index contributed by atoms with van der Waals surface area (Å²) >= 11 is 3.76. The van der Waals surface area contributed by atoms with E-state index in [4.69, 9.17) is 0 Å². The molecule has 0 atom stereocenters. The Morgan fingerprint density at radius 2 is 2.36 bits per heavy atom. The van der Waals surface area contributed by atoms with Gasteiger partial charge in [-0.15, -0.1) is 11.3 Å². The predicted octanol–water partition coefficient (Wildman–Crippen LogP) is 3.17. The number of halogens is 3. The van der Waals surface area contributed by atoms with Gasteiger partial charge in [-0.3, -0.25) is 0 Å². The molecule has 14 heavy (non-hydrogen) atoms. The van der Waals surface area contributed by atoms with Crippen molar-refractivity contribution in [3.05, 3.63) is 20.8 Å². The van der Waals surface area contributed by atoms with Gasteiger partial charge in [-0.1, -0.05) is 0 Å². The summed E-state index contributed by atoms with van der Waals surface area (Å²) in [4.78, 5) is 10.6. The van der Waals surface area contributed by atoms with Gasteiger partial charge in [0.05, 0.1) is 11.5 Å². The van der Waals surface area contributed by atoms with Crippen LogP contribution in [0.25, 0.3) is 0 Å².